The lowest BCUT2D eigenvalue weighted by Crippen LogP contribution is -1.89. The molecule has 0 aliphatic carbocycles. The van der Waals surface area contributed by atoms with Crippen molar-refractivity contribution < 1.29 is 4.79 Å². The summed E-state index contributed by atoms with van der Waals surface area (Å²) in [7, 11) is 0. The van der Waals surface area contributed by atoms with Gasteiger partial charge in [-0.2, -0.15) is 0 Å². The number of benzene rings is 1. The summed E-state index contributed by atoms with van der Waals surface area (Å²) < 4.78 is 1.06. The molecule has 0 saturated carbocycles. The van der Waals surface area contributed by atoms with Gasteiger partial charge in [0, 0.05) is 4.47 Å². The van der Waals surface area contributed by atoms with E-state index in [-0.39, 0.29) is 0 Å². The van der Waals surface area contributed by atoms with Crippen molar-refractivity contribution in [3.63, 3.8) is 0 Å². The Morgan fingerprint density at radius 2 is 2.17 bits per heavy atom. The van der Waals surface area contributed by atoms with Gasteiger partial charge in [-0.1, -0.05) is 34.1 Å². The second kappa shape index (κ2) is 4.86. The number of carbonyl (C=O) groups excluding carboxylic acids is 1. The van der Waals surface area contributed by atoms with Crippen LogP contribution >= 0.6 is 15.9 Å². The quantitative estimate of drug-likeness (QED) is 0.574. The number of isocyanates is 1. The summed E-state index contributed by atoms with van der Waals surface area (Å²) in [6.45, 7) is 0.506. The maximum atomic E-state index is 9.78. The molecule has 0 atom stereocenters. The lowest BCUT2D eigenvalue weighted by atomic mass is 10.2. The fourth-order valence-corrected chi connectivity index (χ4v) is 1.41. The number of rotatable bonds is 3. The highest BCUT2D eigenvalue weighted by Crippen LogP contribution is 2.15. The number of halogens is 1. The van der Waals surface area contributed by atoms with Gasteiger partial charge in [0.2, 0.25) is 6.08 Å². The largest absolute Gasteiger partial charge is 0.234 e. The van der Waals surface area contributed by atoms with Crippen LogP contribution in [-0.2, 0) is 11.2 Å². The molecule has 1 aromatic carbocycles. The van der Waals surface area contributed by atoms with Gasteiger partial charge < -0.3 is 0 Å². The van der Waals surface area contributed by atoms with Crippen LogP contribution in [0.1, 0.15) is 5.56 Å². The van der Waals surface area contributed by atoms with Gasteiger partial charge in [-0.3, -0.25) is 0 Å². The molecule has 0 spiro atoms. The molecule has 0 unspecified atom stereocenters. The molecule has 62 valence electrons. The van der Waals surface area contributed by atoms with Crippen molar-refractivity contribution in [2.24, 2.45) is 4.99 Å². The summed E-state index contributed by atoms with van der Waals surface area (Å²) in [6.07, 6.45) is 2.29. The highest BCUT2D eigenvalue weighted by Gasteiger charge is 1.95. The Labute approximate surface area is 79.5 Å². The average molecular weight is 226 g/mol. The number of aliphatic imine (C=N–C) groups is 1. The minimum atomic E-state index is 0.506. The fourth-order valence-electron chi connectivity index (χ4n) is 0.923. The Morgan fingerprint density at radius 1 is 1.42 bits per heavy atom. The monoisotopic (exact) mass is 225 g/mol. The van der Waals surface area contributed by atoms with Crippen LogP contribution in [0.5, 0.6) is 0 Å². The molecular formula is C9H8BrNO. The van der Waals surface area contributed by atoms with Crippen molar-refractivity contribution in [3.05, 3.63) is 34.3 Å². The van der Waals surface area contributed by atoms with E-state index in [9.17, 15) is 4.79 Å². The first-order chi connectivity index (χ1) is 5.84. The van der Waals surface area contributed by atoms with E-state index in [2.05, 4.69) is 20.9 Å². The zero-order chi connectivity index (χ0) is 8.81. The third-order valence-corrected chi connectivity index (χ3v) is 2.29. The number of nitrogens with zero attached hydrogens (tertiary/aromatic N) is 1. The predicted molar refractivity (Wildman–Crippen MR) is 50.8 cm³/mol. The van der Waals surface area contributed by atoms with Crippen LogP contribution in [0.15, 0.2) is 33.7 Å². The van der Waals surface area contributed by atoms with Gasteiger partial charge in [0.05, 0.1) is 6.54 Å². The van der Waals surface area contributed by atoms with Crippen LogP contribution in [-0.4, -0.2) is 12.6 Å². The molecule has 0 amide bonds. The summed E-state index contributed by atoms with van der Waals surface area (Å²) in [6, 6.07) is 7.89. The SMILES string of the molecule is O=C=NCCc1ccccc1Br. The Hall–Kier alpha value is -0.920. The zero-order valence-electron chi connectivity index (χ0n) is 6.46. The molecule has 2 nitrogen and oxygen atoms in total. The van der Waals surface area contributed by atoms with Gasteiger partial charge in [-0.05, 0) is 18.1 Å². The van der Waals surface area contributed by atoms with E-state index >= 15 is 0 Å². The smallest absolute Gasteiger partial charge is 0.211 e. The van der Waals surface area contributed by atoms with Crippen LogP contribution < -0.4 is 0 Å². The molecule has 1 aromatic rings. The van der Waals surface area contributed by atoms with Crippen LogP contribution in [0, 0.1) is 0 Å². The third-order valence-electron chi connectivity index (χ3n) is 1.52. The second-order valence-electron chi connectivity index (χ2n) is 2.31. The Bertz CT molecular complexity index is 305. The van der Waals surface area contributed by atoms with Crippen molar-refractivity contribution >= 4 is 22.0 Å². The summed E-state index contributed by atoms with van der Waals surface area (Å²) in [5.41, 5.74) is 1.16. The molecular weight excluding hydrogens is 218 g/mol. The van der Waals surface area contributed by atoms with Crippen LogP contribution in [0.4, 0.5) is 0 Å². The predicted octanol–water partition coefficient (Wildman–Crippen LogP) is 2.33. The van der Waals surface area contributed by atoms with E-state index in [0.717, 1.165) is 16.5 Å². The molecule has 0 radical (unpaired) electrons. The van der Waals surface area contributed by atoms with Gasteiger partial charge >= 0.3 is 0 Å². The van der Waals surface area contributed by atoms with Crippen molar-refractivity contribution in [1.82, 2.24) is 0 Å². The molecule has 1 rings (SSSR count). The minimum Gasteiger partial charge on any atom is -0.211 e. The summed E-state index contributed by atoms with van der Waals surface area (Å²) in [4.78, 5) is 13.3. The fraction of sp³-hybridized carbons (Fsp3) is 0.222. The van der Waals surface area contributed by atoms with Gasteiger partial charge in [-0.15, -0.1) is 0 Å². The molecule has 0 aromatic heterocycles. The molecule has 3 heteroatoms. The van der Waals surface area contributed by atoms with E-state index in [0.29, 0.717) is 6.54 Å². The van der Waals surface area contributed by atoms with Gasteiger partial charge in [0.15, 0.2) is 0 Å². The zero-order valence-corrected chi connectivity index (χ0v) is 8.04. The topological polar surface area (TPSA) is 29.4 Å². The summed E-state index contributed by atoms with van der Waals surface area (Å²) >= 11 is 3.41. The summed E-state index contributed by atoms with van der Waals surface area (Å²) in [5, 5.41) is 0. The van der Waals surface area contributed by atoms with Crippen LogP contribution in [0.25, 0.3) is 0 Å². The highest BCUT2D eigenvalue weighted by molar-refractivity contribution is 9.10. The van der Waals surface area contributed by atoms with Gasteiger partial charge in [0.25, 0.3) is 0 Å². The highest BCUT2D eigenvalue weighted by atomic mass is 79.9. The van der Waals surface area contributed by atoms with Crippen molar-refractivity contribution in [1.29, 1.82) is 0 Å². The summed E-state index contributed by atoms with van der Waals surface area (Å²) in [5.74, 6) is 0. The van der Waals surface area contributed by atoms with E-state index in [4.69, 9.17) is 0 Å². The Balaban J connectivity index is 2.62. The van der Waals surface area contributed by atoms with E-state index in [1.165, 1.54) is 6.08 Å². The molecule has 0 aliphatic heterocycles. The van der Waals surface area contributed by atoms with Gasteiger partial charge in [0.1, 0.15) is 0 Å². The minimum absolute atomic E-state index is 0.506. The standard InChI is InChI=1S/C9H8BrNO/c10-9-4-2-1-3-8(9)5-6-11-7-12/h1-4H,5-6H2. The molecule has 12 heavy (non-hydrogen) atoms. The molecule has 0 saturated heterocycles. The second-order valence-corrected chi connectivity index (χ2v) is 3.17. The lowest BCUT2D eigenvalue weighted by molar-refractivity contribution is 0.563. The van der Waals surface area contributed by atoms with Crippen LogP contribution in [0.3, 0.4) is 0 Å². The Kier molecular flexibility index (Phi) is 3.71. The molecule has 0 N–H and O–H groups in total. The average Bonchev–Trinajstić information content (AvgIpc) is 2.09. The van der Waals surface area contributed by atoms with Crippen molar-refractivity contribution in [3.8, 4) is 0 Å². The van der Waals surface area contributed by atoms with Crippen LogP contribution in [0.2, 0.25) is 0 Å². The Morgan fingerprint density at radius 3 is 2.83 bits per heavy atom. The first-order valence-electron chi connectivity index (χ1n) is 3.61. The molecule has 0 aliphatic rings. The number of hydrogen-bond acceptors (Lipinski definition) is 2. The third kappa shape index (κ3) is 2.61. The lowest BCUT2D eigenvalue weighted by Gasteiger charge is -1.99. The maximum Gasteiger partial charge on any atom is 0.234 e. The molecule has 0 bridgehead atoms. The maximum absolute atomic E-state index is 9.78. The van der Waals surface area contributed by atoms with Crippen molar-refractivity contribution in [2.75, 3.05) is 6.54 Å². The van der Waals surface area contributed by atoms with Crippen molar-refractivity contribution in [2.45, 2.75) is 6.42 Å². The number of hydrogen-bond donors (Lipinski definition) is 0. The van der Waals surface area contributed by atoms with E-state index < -0.39 is 0 Å². The molecule has 0 fully saturated rings. The van der Waals surface area contributed by atoms with Gasteiger partial charge in [-0.25, -0.2) is 9.79 Å². The van der Waals surface area contributed by atoms with E-state index in [1.807, 2.05) is 24.3 Å². The molecule has 0 heterocycles. The van der Waals surface area contributed by atoms with E-state index in [1.54, 1.807) is 0 Å². The first kappa shape index (κ1) is 9.17. The first-order valence-corrected chi connectivity index (χ1v) is 4.41. The normalized spacial score (nSPS) is 9.08.